The minimum absolute atomic E-state index is 0.566. The second-order valence-corrected chi connectivity index (χ2v) is 3.35. The zero-order valence-electron chi connectivity index (χ0n) is 7.86. The zero-order valence-corrected chi connectivity index (χ0v) is 7.86. The van der Waals surface area contributed by atoms with Crippen LogP contribution in [0.1, 0.15) is 24.3 Å². The summed E-state index contributed by atoms with van der Waals surface area (Å²) in [6.45, 7) is 0. The highest BCUT2D eigenvalue weighted by Gasteiger charge is 2.14. The smallest absolute Gasteiger partial charge is 0.122 e. The van der Waals surface area contributed by atoms with Crippen LogP contribution in [0, 0.1) is 0 Å². The van der Waals surface area contributed by atoms with Crippen LogP contribution in [0.15, 0.2) is 36.4 Å². The van der Waals surface area contributed by atoms with Gasteiger partial charge in [-0.1, -0.05) is 30.4 Å². The predicted molar refractivity (Wildman–Crippen MR) is 54.1 cm³/mol. The van der Waals surface area contributed by atoms with E-state index in [1.165, 1.54) is 18.4 Å². The lowest BCUT2D eigenvalue weighted by atomic mass is 9.98. The van der Waals surface area contributed by atoms with Gasteiger partial charge in [0.1, 0.15) is 5.75 Å². The normalized spacial score (nSPS) is 20.5. The van der Waals surface area contributed by atoms with Gasteiger partial charge in [-0.3, -0.25) is 0 Å². The lowest BCUT2D eigenvalue weighted by Gasteiger charge is -2.12. The van der Waals surface area contributed by atoms with Crippen LogP contribution in [0.2, 0.25) is 0 Å². The van der Waals surface area contributed by atoms with Gasteiger partial charge in [0, 0.05) is 11.5 Å². The van der Waals surface area contributed by atoms with Crippen molar-refractivity contribution in [2.45, 2.75) is 18.8 Å². The van der Waals surface area contributed by atoms with E-state index in [0.717, 1.165) is 5.75 Å². The van der Waals surface area contributed by atoms with Gasteiger partial charge in [-0.05, 0) is 18.9 Å². The summed E-state index contributed by atoms with van der Waals surface area (Å²) in [5, 5.41) is 0. The molecule has 0 heterocycles. The van der Waals surface area contributed by atoms with Crippen LogP contribution < -0.4 is 4.74 Å². The van der Waals surface area contributed by atoms with Gasteiger partial charge in [0.2, 0.25) is 0 Å². The lowest BCUT2D eigenvalue weighted by Crippen LogP contribution is -1.95. The fourth-order valence-corrected chi connectivity index (χ4v) is 1.86. The van der Waals surface area contributed by atoms with Crippen LogP contribution >= 0.6 is 0 Å². The summed E-state index contributed by atoms with van der Waals surface area (Å²) in [6.07, 6.45) is 6.94. The average molecular weight is 174 g/mol. The number of rotatable bonds is 2. The van der Waals surface area contributed by atoms with Gasteiger partial charge >= 0.3 is 0 Å². The van der Waals surface area contributed by atoms with Gasteiger partial charge in [-0.25, -0.2) is 0 Å². The van der Waals surface area contributed by atoms with E-state index in [0.29, 0.717) is 5.92 Å². The summed E-state index contributed by atoms with van der Waals surface area (Å²) in [5.74, 6) is 1.58. The second-order valence-electron chi connectivity index (χ2n) is 3.35. The Kier molecular flexibility index (Phi) is 2.35. The fraction of sp³-hybridized carbons (Fsp3) is 0.333. The minimum Gasteiger partial charge on any atom is -0.496 e. The summed E-state index contributed by atoms with van der Waals surface area (Å²) in [5.41, 5.74) is 1.32. The van der Waals surface area contributed by atoms with Crippen molar-refractivity contribution in [1.29, 1.82) is 0 Å². The molecule has 13 heavy (non-hydrogen) atoms. The number of hydrogen-bond acceptors (Lipinski definition) is 1. The Labute approximate surface area is 79.0 Å². The SMILES string of the molecule is COc1ccccc1[C@H]1C=CCC1. The molecule has 68 valence electrons. The molecule has 1 atom stereocenters. The third-order valence-electron chi connectivity index (χ3n) is 2.55. The third kappa shape index (κ3) is 1.59. The maximum atomic E-state index is 5.32. The Bertz CT molecular complexity index is 315. The molecule has 0 fully saturated rings. The molecule has 1 aromatic carbocycles. The van der Waals surface area contributed by atoms with Crippen molar-refractivity contribution in [3.8, 4) is 5.75 Å². The Balaban J connectivity index is 2.32. The highest BCUT2D eigenvalue weighted by Crippen LogP contribution is 2.33. The highest BCUT2D eigenvalue weighted by molar-refractivity contribution is 5.39. The standard InChI is InChI=1S/C12H14O/c1-13-12-9-5-4-8-11(12)10-6-2-3-7-10/h2,4-6,8-10H,3,7H2,1H3/t10-/m0/s1. The lowest BCUT2D eigenvalue weighted by molar-refractivity contribution is 0.407. The third-order valence-corrected chi connectivity index (χ3v) is 2.55. The van der Waals surface area contributed by atoms with Crippen molar-refractivity contribution in [3.05, 3.63) is 42.0 Å². The van der Waals surface area contributed by atoms with Crippen LogP contribution in [-0.4, -0.2) is 7.11 Å². The molecule has 1 nitrogen and oxygen atoms in total. The first-order chi connectivity index (χ1) is 6.42. The number of benzene rings is 1. The second kappa shape index (κ2) is 3.65. The molecule has 0 N–H and O–H groups in total. The Morgan fingerprint density at radius 1 is 1.31 bits per heavy atom. The van der Waals surface area contributed by atoms with Crippen LogP contribution in [0.3, 0.4) is 0 Å². The molecule has 2 rings (SSSR count). The van der Waals surface area contributed by atoms with Gasteiger partial charge in [0.25, 0.3) is 0 Å². The first kappa shape index (κ1) is 8.36. The van der Waals surface area contributed by atoms with Gasteiger partial charge in [-0.15, -0.1) is 0 Å². The van der Waals surface area contributed by atoms with Gasteiger partial charge < -0.3 is 4.74 Å². The molecule has 1 aromatic rings. The molecule has 0 amide bonds. The van der Waals surface area contributed by atoms with Gasteiger partial charge in [-0.2, -0.15) is 0 Å². The van der Waals surface area contributed by atoms with E-state index in [4.69, 9.17) is 4.74 Å². The molecule has 1 aliphatic carbocycles. The summed E-state index contributed by atoms with van der Waals surface area (Å²) in [7, 11) is 1.73. The Hall–Kier alpha value is -1.24. The molecule has 0 spiro atoms. The van der Waals surface area contributed by atoms with Gasteiger partial charge in [0.15, 0.2) is 0 Å². The largest absolute Gasteiger partial charge is 0.496 e. The molecule has 0 saturated heterocycles. The van der Waals surface area contributed by atoms with E-state index in [-0.39, 0.29) is 0 Å². The van der Waals surface area contributed by atoms with Crippen molar-refractivity contribution >= 4 is 0 Å². The molecule has 0 unspecified atom stereocenters. The van der Waals surface area contributed by atoms with Crippen LogP contribution in [0.4, 0.5) is 0 Å². The first-order valence-electron chi connectivity index (χ1n) is 4.71. The highest BCUT2D eigenvalue weighted by atomic mass is 16.5. The van der Waals surface area contributed by atoms with Crippen LogP contribution in [0.25, 0.3) is 0 Å². The zero-order chi connectivity index (χ0) is 9.10. The van der Waals surface area contributed by atoms with E-state index in [9.17, 15) is 0 Å². The van der Waals surface area contributed by atoms with Crippen molar-refractivity contribution in [2.75, 3.05) is 7.11 Å². The molecular formula is C12H14O. The van der Waals surface area contributed by atoms with Gasteiger partial charge in [0.05, 0.1) is 7.11 Å². The average Bonchev–Trinajstić information content (AvgIpc) is 2.70. The van der Waals surface area contributed by atoms with E-state index in [2.05, 4.69) is 24.3 Å². The number of para-hydroxylation sites is 1. The Morgan fingerprint density at radius 3 is 2.85 bits per heavy atom. The topological polar surface area (TPSA) is 9.23 Å². The number of hydrogen-bond donors (Lipinski definition) is 0. The number of allylic oxidation sites excluding steroid dienone is 2. The maximum Gasteiger partial charge on any atom is 0.122 e. The quantitative estimate of drug-likeness (QED) is 0.626. The minimum atomic E-state index is 0.566. The molecule has 0 radical (unpaired) electrons. The maximum absolute atomic E-state index is 5.32. The molecule has 1 aliphatic rings. The Morgan fingerprint density at radius 2 is 2.15 bits per heavy atom. The molecule has 0 aliphatic heterocycles. The molecule has 0 bridgehead atoms. The summed E-state index contributed by atoms with van der Waals surface area (Å²) < 4.78 is 5.32. The van der Waals surface area contributed by atoms with E-state index in [1.807, 2.05) is 12.1 Å². The number of methoxy groups -OCH3 is 1. The van der Waals surface area contributed by atoms with E-state index >= 15 is 0 Å². The predicted octanol–water partition coefficient (Wildman–Crippen LogP) is 3.13. The molecular weight excluding hydrogens is 160 g/mol. The van der Waals surface area contributed by atoms with Crippen LogP contribution in [-0.2, 0) is 0 Å². The van der Waals surface area contributed by atoms with E-state index in [1.54, 1.807) is 7.11 Å². The van der Waals surface area contributed by atoms with E-state index < -0.39 is 0 Å². The van der Waals surface area contributed by atoms with Crippen molar-refractivity contribution < 1.29 is 4.74 Å². The molecule has 0 saturated carbocycles. The van der Waals surface area contributed by atoms with Crippen molar-refractivity contribution in [2.24, 2.45) is 0 Å². The van der Waals surface area contributed by atoms with Crippen LogP contribution in [0.5, 0.6) is 5.75 Å². The molecule has 0 aromatic heterocycles. The van der Waals surface area contributed by atoms with Crippen molar-refractivity contribution in [1.82, 2.24) is 0 Å². The summed E-state index contributed by atoms with van der Waals surface area (Å²) in [6, 6.07) is 8.27. The number of ether oxygens (including phenoxy) is 1. The first-order valence-corrected chi connectivity index (χ1v) is 4.71. The fourth-order valence-electron chi connectivity index (χ4n) is 1.86. The summed E-state index contributed by atoms with van der Waals surface area (Å²) in [4.78, 5) is 0. The monoisotopic (exact) mass is 174 g/mol. The van der Waals surface area contributed by atoms with Crippen molar-refractivity contribution in [3.63, 3.8) is 0 Å². The molecule has 1 heteroatoms. The summed E-state index contributed by atoms with van der Waals surface area (Å²) >= 11 is 0.